The van der Waals surface area contributed by atoms with Crippen LogP contribution in [0.15, 0.2) is 18.3 Å². The van der Waals surface area contributed by atoms with Crippen LogP contribution in [0.2, 0.25) is 0 Å². The largest absolute Gasteiger partial charge is 0.371 e. The van der Waals surface area contributed by atoms with Crippen LogP contribution in [0.5, 0.6) is 0 Å². The maximum atomic E-state index is 12.1. The SMILES string of the molecule is CCN(CC)c1ccc(C(=O)N2CCCC2)nc1. The summed E-state index contributed by atoms with van der Waals surface area (Å²) in [5.74, 6) is 0.0681. The van der Waals surface area contributed by atoms with Crippen molar-refractivity contribution in [2.75, 3.05) is 31.1 Å². The third-order valence-corrected chi connectivity index (χ3v) is 3.49. The van der Waals surface area contributed by atoms with Gasteiger partial charge in [-0.25, -0.2) is 4.98 Å². The zero-order chi connectivity index (χ0) is 13.0. The molecule has 1 aromatic heterocycles. The number of hydrogen-bond donors (Lipinski definition) is 0. The zero-order valence-corrected chi connectivity index (χ0v) is 11.2. The summed E-state index contributed by atoms with van der Waals surface area (Å²) in [6.45, 7) is 7.89. The van der Waals surface area contributed by atoms with Crippen LogP contribution >= 0.6 is 0 Å². The highest BCUT2D eigenvalue weighted by Crippen LogP contribution is 2.15. The van der Waals surface area contributed by atoms with Crippen LogP contribution in [0, 0.1) is 0 Å². The van der Waals surface area contributed by atoms with Gasteiger partial charge in [-0.2, -0.15) is 0 Å². The highest BCUT2D eigenvalue weighted by atomic mass is 16.2. The normalized spacial score (nSPS) is 14.9. The van der Waals surface area contributed by atoms with E-state index in [4.69, 9.17) is 0 Å². The fraction of sp³-hybridized carbons (Fsp3) is 0.571. The van der Waals surface area contributed by atoms with E-state index in [0.717, 1.165) is 44.7 Å². The van der Waals surface area contributed by atoms with E-state index >= 15 is 0 Å². The first-order valence-electron chi connectivity index (χ1n) is 6.76. The van der Waals surface area contributed by atoms with Crippen molar-refractivity contribution in [3.05, 3.63) is 24.0 Å². The molecule has 0 spiro atoms. The van der Waals surface area contributed by atoms with E-state index in [1.54, 1.807) is 6.20 Å². The Balaban J connectivity index is 2.09. The average molecular weight is 247 g/mol. The highest BCUT2D eigenvalue weighted by Gasteiger charge is 2.20. The van der Waals surface area contributed by atoms with E-state index in [-0.39, 0.29) is 5.91 Å². The standard InChI is InChI=1S/C14H21N3O/c1-3-16(4-2)12-7-8-13(15-11-12)14(18)17-9-5-6-10-17/h7-8,11H,3-6,9-10H2,1-2H3. The number of anilines is 1. The van der Waals surface area contributed by atoms with Gasteiger partial charge >= 0.3 is 0 Å². The quantitative estimate of drug-likeness (QED) is 0.818. The second-order valence-corrected chi connectivity index (χ2v) is 4.57. The maximum absolute atomic E-state index is 12.1. The Bertz CT molecular complexity index is 392. The molecule has 2 heterocycles. The lowest BCUT2D eigenvalue weighted by Gasteiger charge is -2.21. The van der Waals surface area contributed by atoms with Gasteiger partial charge in [-0.1, -0.05) is 0 Å². The van der Waals surface area contributed by atoms with Gasteiger partial charge in [0.25, 0.3) is 5.91 Å². The van der Waals surface area contributed by atoms with Crippen molar-refractivity contribution in [1.29, 1.82) is 0 Å². The van der Waals surface area contributed by atoms with Crippen molar-refractivity contribution in [3.63, 3.8) is 0 Å². The Labute approximate surface area is 109 Å². The lowest BCUT2D eigenvalue weighted by molar-refractivity contribution is 0.0787. The molecule has 0 aromatic carbocycles. The Morgan fingerprint density at radius 1 is 1.28 bits per heavy atom. The smallest absolute Gasteiger partial charge is 0.272 e. The highest BCUT2D eigenvalue weighted by molar-refractivity contribution is 5.92. The fourth-order valence-corrected chi connectivity index (χ4v) is 2.37. The molecule has 0 aliphatic carbocycles. The summed E-state index contributed by atoms with van der Waals surface area (Å²) in [7, 11) is 0. The Hall–Kier alpha value is -1.58. The average Bonchev–Trinajstić information content (AvgIpc) is 2.94. The summed E-state index contributed by atoms with van der Waals surface area (Å²) in [6.07, 6.45) is 4.03. The topological polar surface area (TPSA) is 36.4 Å². The molecule has 2 rings (SSSR count). The van der Waals surface area contributed by atoms with Gasteiger partial charge in [-0.3, -0.25) is 4.79 Å². The molecule has 0 N–H and O–H groups in total. The zero-order valence-electron chi connectivity index (χ0n) is 11.2. The van der Waals surface area contributed by atoms with Crippen LogP contribution in [0.1, 0.15) is 37.2 Å². The molecule has 1 aliphatic rings. The molecule has 0 unspecified atom stereocenters. The van der Waals surface area contributed by atoms with Crippen LogP contribution in [0.25, 0.3) is 0 Å². The summed E-state index contributed by atoms with van der Waals surface area (Å²) >= 11 is 0. The van der Waals surface area contributed by atoms with Crippen molar-refractivity contribution >= 4 is 11.6 Å². The first kappa shape index (κ1) is 12.9. The summed E-state index contributed by atoms with van der Waals surface area (Å²) in [5.41, 5.74) is 1.64. The summed E-state index contributed by atoms with van der Waals surface area (Å²) in [5, 5.41) is 0. The van der Waals surface area contributed by atoms with Crippen molar-refractivity contribution in [2.45, 2.75) is 26.7 Å². The molecular weight excluding hydrogens is 226 g/mol. The van der Waals surface area contributed by atoms with E-state index in [2.05, 4.69) is 23.7 Å². The fourth-order valence-electron chi connectivity index (χ4n) is 2.37. The minimum Gasteiger partial charge on any atom is -0.371 e. The van der Waals surface area contributed by atoms with Gasteiger partial charge < -0.3 is 9.80 Å². The molecule has 1 amide bonds. The predicted octanol–water partition coefficient (Wildman–Crippen LogP) is 2.16. The first-order valence-corrected chi connectivity index (χ1v) is 6.76. The molecule has 18 heavy (non-hydrogen) atoms. The number of aromatic nitrogens is 1. The van der Waals surface area contributed by atoms with Gasteiger partial charge in [-0.15, -0.1) is 0 Å². The molecule has 4 heteroatoms. The van der Waals surface area contributed by atoms with Crippen LogP contribution in [-0.4, -0.2) is 42.0 Å². The third kappa shape index (κ3) is 2.63. The van der Waals surface area contributed by atoms with Crippen molar-refractivity contribution < 1.29 is 4.79 Å². The predicted molar refractivity (Wildman–Crippen MR) is 72.9 cm³/mol. The molecule has 1 aliphatic heterocycles. The molecule has 0 radical (unpaired) electrons. The number of hydrogen-bond acceptors (Lipinski definition) is 3. The van der Waals surface area contributed by atoms with E-state index in [0.29, 0.717) is 5.69 Å². The molecule has 1 fully saturated rings. The van der Waals surface area contributed by atoms with Gasteiger partial charge in [0.05, 0.1) is 11.9 Å². The summed E-state index contributed by atoms with van der Waals surface area (Å²) in [4.78, 5) is 20.5. The number of likely N-dealkylation sites (tertiary alicyclic amines) is 1. The molecule has 0 saturated carbocycles. The first-order chi connectivity index (χ1) is 8.76. The molecular formula is C14H21N3O. The minimum absolute atomic E-state index is 0.0681. The van der Waals surface area contributed by atoms with Gasteiger partial charge in [0.1, 0.15) is 5.69 Å². The van der Waals surface area contributed by atoms with Gasteiger partial charge in [-0.05, 0) is 38.8 Å². The number of rotatable bonds is 4. The number of carbonyl (C=O) groups excluding carboxylic acids is 1. The molecule has 1 saturated heterocycles. The van der Waals surface area contributed by atoms with Crippen LogP contribution < -0.4 is 4.90 Å². The number of pyridine rings is 1. The molecule has 1 aromatic rings. The lowest BCUT2D eigenvalue weighted by Crippen LogP contribution is -2.28. The summed E-state index contributed by atoms with van der Waals surface area (Å²) < 4.78 is 0. The Morgan fingerprint density at radius 3 is 2.44 bits per heavy atom. The summed E-state index contributed by atoms with van der Waals surface area (Å²) in [6, 6.07) is 3.83. The Morgan fingerprint density at radius 2 is 1.94 bits per heavy atom. The van der Waals surface area contributed by atoms with Crippen LogP contribution in [-0.2, 0) is 0 Å². The van der Waals surface area contributed by atoms with Crippen molar-refractivity contribution in [3.8, 4) is 0 Å². The molecule has 98 valence electrons. The van der Waals surface area contributed by atoms with E-state index < -0.39 is 0 Å². The van der Waals surface area contributed by atoms with Gasteiger partial charge in [0.15, 0.2) is 0 Å². The molecule has 0 bridgehead atoms. The molecule has 0 atom stereocenters. The van der Waals surface area contributed by atoms with Gasteiger partial charge in [0.2, 0.25) is 0 Å². The number of nitrogens with zero attached hydrogens (tertiary/aromatic N) is 3. The van der Waals surface area contributed by atoms with E-state index in [1.807, 2.05) is 17.0 Å². The van der Waals surface area contributed by atoms with E-state index in [1.165, 1.54) is 0 Å². The van der Waals surface area contributed by atoms with Crippen molar-refractivity contribution in [1.82, 2.24) is 9.88 Å². The second kappa shape index (κ2) is 5.85. The Kier molecular flexibility index (Phi) is 4.18. The molecule has 4 nitrogen and oxygen atoms in total. The van der Waals surface area contributed by atoms with Gasteiger partial charge in [0, 0.05) is 26.2 Å². The van der Waals surface area contributed by atoms with Crippen LogP contribution in [0.3, 0.4) is 0 Å². The number of carbonyl (C=O) groups is 1. The van der Waals surface area contributed by atoms with Crippen LogP contribution in [0.4, 0.5) is 5.69 Å². The minimum atomic E-state index is 0.0681. The number of amides is 1. The lowest BCUT2D eigenvalue weighted by atomic mass is 10.3. The second-order valence-electron chi connectivity index (χ2n) is 4.57. The van der Waals surface area contributed by atoms with E-state index in [9.17, 15) is 4.79 Å². The maximum Gasteiger partial charge on any atom is 0.272 e. The third-order valence-electron chi connectivity index (χ3n) is 3.49. The van der Waals surface area contributed by atoms with Crippen molar-refractivity contribution in [2.24, 2.45) is 0 Å². The monoisotopic (exact) mass is 247 g/mol.